The predicted molar refractivity (Wildman–Crippen MR) is 99.5 cm³/mol. The van der Waals surface area contributed by atoms with Crippen LogP contribution in [0, 0.1) is 0 Å². The fourth-order valence-corrected chi connectivity index (χ4v) is 5.98. The maximum Gasteiger partial charge on any atom is 0.282 e. The molecule has 2 atom stereocenters. The van der Waals surface area contributed by atoms with Crippen molar-refractivity contribution in [3.8, 4) is 0 Å². The first kappa shape index (κ1) is 18.9. The first-order valence-electron chi connectivity index (χ1n) is 9.99. The maximum absolute atomic E-state index is 12.9. The number of aromatic nitrogens is 1. The number of carbonyl (C=O) groups excluding carboxylic acids is 1. The summed E-state index contributed by atoms with van der Waals surface area (Å²) < 4.78 is 34.3. The average Bonchev–Trinajstić information content (AvgIpc) is 3.39. The zero-order chi connectivity index (χ0) is 19.0. The topological polar surface area (TPSA) is 95.7 Å². The molecule has 1 aliphatic carbocycles. The Morgan fingerprint density at radius 1 is 1.19 bits per heavy atom. The number of hydrogen-bond acceptors (Lipinski definition) is 5. The molecule has 1 aromatic heterocycles. The summed E-state index contributed by atoms with van der Waals surface area (Å²) in [6.07, 6.45) is 6.36. The van der Waals surface area contributed by atoms with Gasteiger partial charge in [0.05, 0.1) is 0 Å². The van der Waals surface area contributed by atoms with Gasteiger partial charge >= 0.3 is 0 Å². The van der Waals surface area contributed by atoms with Crippen LogP contribution in [-0.4, -0.2) is 59.8 Å². The van der Waals surface area contributed by atoms with Gasteiger partial charge in [0, 0.05) is 43.7 Å². The Morgan fingerprint density at radius 2 is 1.93 bits per heavy atom. The molecule has 3 fully saturated rings. The lowest BCUT2D eigenvalue weighted by Crippen LogP contribution is -2.55. The number of nitrogens with one attached hydrogen (secondary N) is 1. The Labute approximate surface area is 160 Å². The summed E-state index contributed by atoms with van der Waals surface area (Å²) in [5.41, 5.74) is 0.313. The van der Waals surface area contributed by atoms with E-state index in [0.29, 0.717) is 44.1 Å². The highest BCUT2D eigenvalue weighted by Crippen LogP contribution is 2.40. The van der Waals surface area contributed by atoms with E-state index in [0.717, 1.165) is 37.9 Å². The molecule has 0 spiro atoms. The minimum Gasteiger partial charge on any atom is -0.360 e. The van der Waals surface area contributed by atoms with Crippen LogP contribution in [0.3, 0.4) is 0 Å². The highest BCUT2D eigenvalue weighted by molar-refractivity contribution is 7.86. The molecule has 1 aromatic rings. The van der Waals surface area contributed by atoms with Crippen molar-refractivity contribution in [3.05, 3.63) is 17.5 Å². The van der Waals surface area contributed by atoms with Crippen LogP contribution in [0.4, 0.5) is 0 Å². The van der Waals surface area contributed by atoms with Gasteiger partial charge in [-0.2, -0.15) is 17.0 Å². The number of nitrogens with zero attached hydrogens (tertiary/aromatic N) is 3. The van der Waals surface area contributed by atoms with Crippen molar-refractivity contribution in [2.75, 3.05) is 19.6 Å². The molecule has 150 valence electrons. The van der Waals surface area contributed by atoms with Crippen LogP contribution >= 0.6 is 0 Å². The van der Waals surface area contributed by atoms with Gasteiger partial charge in [-0.15, -0.1) is 0 Å². The minimum atomic E-state index is -3.41. The normalized spacial score (nSPS) is 28.2. The second kappa shape index (κ2) is 7.52. The summed E-state index contributed by atoms with van der Waals surface area (Å²) in [7, 11) is -3.41. The molecule has 2 saturated heterocycles. The third-order valence-electron chi connectivity index (χ3n) is 5.83. The monoisotopic (exact) mass is 396 g/mol. The van der Waals surface area contributed by atoms with Gasteiger partial charge in [-0.25, -0.2) is 0 Å². The van der Waals surface area contributed by atoms with Gasteiger partial charge in [-0.1, -0.05) is 11.6 Å². The number of carbonyl (C=O) groups is 1. The lowest BCUT2D eigenvalue weighted by atomic mass is 10.0. The van der Waals surface area contributed by atoms with Crippen molar-refractivity contribution in [2.45, 2.75) is 69.9 Å². The second-order valence-electron chi connectivity index (χ2n) is 8.01. The minimum absolute atomic E-state index is 0.0543. The Balaban J connectivity index is 1.34. The van der Waals surface area contributed by atoms with Crippen molar-refractivity contribution in [2.24, 2.45) is 0 Å². The van der Waals surface area contributed by atoms with Crippen LogP contribution < -0.4 is 5.32 Å². The van der Waals surface area contributed by atoms with E-state index in [4.69, 9.17) is 4.52 Å². The Bertz CT molecular complexity index is 783. The van der Waals surface area contributed by atoms with E-state index < -0.39 is 10.2 Å². The summed E-state index contributed by atoms with van der Waals surface area (Å²) in [6, 6.07) is 1.53. The van der Waals surface area contributed by atoms with Gasteiger partial charge in [-0.05, 0) is 45.4 Å². The summed E-state index contributed by atoms with van der Waals surface area (Å²) in [5.74, 6) is 0.966. The third-order valence-corrected chi connectivity index (χ3v) is 7.98. The molecular weight excluding hydrogens is 368 g/mol. The molecule has 1 amide bonds. The van der Waals surface area contributed by atoms with Gasteiger partial charge in [-0.3, -0.25) is 4.79 Å². The number of rotatable bonds is 5. The van der Waals surface area contributed by atoms with Gasteiger partial charge in [0.1, 0.15) is 5.76 Å². The Hall–Kier alpha value is -1.45. The van der Waals surface area contributed by atoms with Crippen molar-refractivity contribution >= 4 is 16.1 Å². The molecule has 27 heavy (non-hydrogen) atoms. The maximum atomic E-state index is 12.9. The predicted octanol–water partition coefficient (Wildman–Crippen LogP) is 1.87. The SMILES string of the molecule is C[C@H]1C[C@@H](NC(=O)c2cc(C3CC3)on2)CCN1S(=O)(=O)N1CCCCC1. The second-order valence-corrected chi connectivity index (χ2v) is 9.89. The molecule has 8 nitrogen and oxygen atoms in total. The zero-order valence-corrected chi connectivity index (χ0v) is 16.6. The molecule has 9 heteroatoms. The molecule has 0 radical (unpaired) electrons. The van der Waals surface area contributed by atoms with Gasteiger partial charge in [0.25, 0.3) is 16.1 Å². The number of amides is 1. The zero-order valence-electron chi connectivity index (χ0n) is 15.8. The van der Waals surface area contributed by atoms with E-state index in [1.165, 1.54) is 0 Å². The first-order valence-corrected chi connectivity index (χ1v) is 11.4. The van der Waals surface area contributed by atoms with Crippen LogP contribution in [0.25, 0.3) is 0 Å². The molecule has 0 bridgehead atoms. The van der Waals surface area contributed by atoms with E-state index in [2.05, 4.69) is 10.5 Å². The van der Waals surface area contributed by atoms with Crippen molar-refractivity contribution in [1.82, 2.24) is 19.1 Å². The molecule has 1 N–H and O–H groups in total. The summed E-state index contributed by atoms with van der Waals surface area (Å²) in [4.78, 5) is 12.4. The highest BCUT2D eigenvalue weighted by Gasteiger charge is 2.38. The van der Waals surface area contributed by atoms with Crippen LogP contribution in [0.2, 0.25) is 0 Å². The largest absolute Gasteiger partial charge is 0.360 e. The fourth-order valence-electron chi connectivity index (χ4n) is 4.08. The lowest BCUT2D eigenvalue weighted by molar-refractivity contribution is 0.0903. The van der Waals surface area contributed by atoms with Crippen LogP contribution in [0.1, 0.15) is 74.0 Å². The van der Waals surface area contributed by atoms with E-state index in [1.807, 2.05) is 6.92 Å². The first-order chi connectivity index (χ1) is 12.9. The molecule has 3 heterocycles. The van der Waals surface area contributed by atoms with Gasteiger partial charge < -0.3 is 9.84 Å². The van der Waals surface area contributed by atoms with Crippen molar-refractivity contribution in [3.63, 3.8) is 0 Å². The van der Waals surface area contributed by atoms with Crippen molar-refractivity contribution in [1.29, 1.82) is 0 Å². The molecule has 0 aromatic carbocycles. The van der Waals surface area contributed by atoms with Crippen LogP contribution in [0.5, 0.6) is 0 Å². The molecular formula is C18H28N4O4S. The quantitative estimate of drug-likeness (QED) is 0.820. The summed E-state index contributed by atoms with van der Waals surface area (Å²) >= 11 is 0. The van der Waals surface area contributed by atoms with Crippen LogP contribution in [0.15, 0.2) is 10.6 Å². The number of hydrogen-bond donors (Lipinski definition) is 1. The summed E-state index contributed by atoms with van der Waals surface area (Å²) in [5, 5.41) is 6.87. The smallest absolute Gasteiger partial charge is 0.282 e. The molecule has 2 aliphatic heterocycles. The summed E-state index contributed by atoms with van der Waals surface area (Å²) in [6.45, 7) is 3.57. The van der Waals surface area contributed by atoms with Gasteiger partial charge in [0.2, 0.25) is 0 Å². The fraction of sp³-hybridized carbons (Fsp3) is 0.778. The lowest BCUT2D eigenvalue weighted by Gasteiger charge is -2.40. The van der Waals surface area contributed by atoms with E-state index >= 15 is 0 Å². The van der Waals surface area contributed by atoms with Crippen LogP contribution in [-0.2, 0) is 10.2 Å². The van der Waals surface area contributed by atoms with Gasteiger partial charge in [0.15, 0.2) is 5.69 Å². The van der Waals surface area contributed by atoms with E-state index in [-0.39, 0.29) is 18.0 Å². The third kappa shape index (κ3) is 4.05. The molecule has 1 saturated carbocycles. The van der Waals surface area contributed by atoms with Crippen molar-refractivity contribution < 1.29 is 17.7 Å². The Kier molecular flexibility index (Phi) is 5.26. The molecule has 0 unspecified atom stereocenters. The van der Waals surface area contributed by atoms with E-state index in [1.54, 1.807) is 14.7 Å². The standard InChI is InChI=1S/C18H28N4O4S/c1-13-11-15(19-18(23)16-12-17(26-20-16)14-5-6-14)7-10-22(13)27(24,25)21-8-3-2-4-9-21/h12-15H,2-11H2,1H3,(H,19,23)/t13-,15-/m0/s1. The number of piperidine rings is 2. The van der Waals surface area contributed by atoms with E-state index in [9.17, 15) is 13.2 Å². The average molecular weight is 397 g/mol. The molecule has 4 rings (SSSR count). The Morgan fingerprint density at radius 3 is 2.59 bits per heavy atom. The molecule has 3 aliphatic rings. The highest BCUT2D eigenvalue weighted by atomic mass is 32.2.